The third-order valence-electron chi connectivity index (χ3n) is 4.59. The predicted octanol–water partition coefficient (Wildman–Crippen LogP) is 4.73. The first kappa shape index (κ1) is 24.2. The zero-order valence-electron chi connectivity index (χ0n) is 17.6. The highest BCUT2D eigenvalue weighted by Gasteiger charge is 2.10. The molecule has 0 aliphatic carbocycles. The normalized spacial score (nSPS) is 10.7. The number of hydrogen-bond acceptors (Lipinski definition) is 4. The van der Waals surface area contributed by atoms with Gasteiger partial charge in [-0.1, -0.05) is 34.1 Å². The quantitative estimate of drug-likeness (QED) is 0.393. The van der Waals surface area contributed by atoms with Gasteiger partial charge in [-0.3, -0.25) is 14.9 Å². The maximum absolute atomic E-state index is 12.3. The number of benzene rings is 2. The molecule has 0 aromatic heterocycles. The summed E-state index contributed by atoms with van der Waals surface area (Å²) in [6.07, 6.45) is 3.00. The molecule has 2 N–H and O–H groups in total. The Morgan fingerprint density at radius 2 is 1.77 bits per heavy atom. The number of nitrogens with zero attached hydrogens (tertiary/aromatic N) is 1. The minimum absolute atomic E-state index is 0.224. The summed E-state index contributed by atoms with van der Waals surface area (Å²) in [5.41, 5.74) is 3.31. The number of Topliss-reactive ketones (excluding diaryl/α,β-unsaturated/α-hetero) is 1. The van der Waals surface area contributed by atoms with Crippen LogP contribution in [0.15, 0.2) is 46.9 Å². The number of anilines is 1. The third kappa shape index (κ3) is 8.34. The first-order valence-corrected chi connectivity index (χ1v) is 11.1. The first-order valence-electron chi connectivity index (χ1n) is 9.88. The zero-order chi connectivity index (χ0) is 22.1. The summed E-state index contributed by atoms with van der Waals surface area (Å²) in [4.78, 5) is 26.6. The molecule has 7 heteroatoms. The van der Waals surface area contributed by atoms with Gasteiger partial charge < -0.3 is 10.2 Å². The molecule has 2 aromatic carbocycles. The molecule has 0 aliphatic heterocycles. The van der Waals surface area contributed by atoms with Crippen LogP contribution < -0.4 is 10.6 Å². The van der Waals surface area contributed by atoms with E-state index in [1.807, 2.05) is 51.4 Å². The Kier molecular flexibility index (Phi) is 9.62. The van der Waals surface area contributed by atoms with Gasteiger partial charge in [-0.15, -0.1) is 0 Å². The summed E-state index contributed by atoms with van der Waals surface area (Å²) in [5.74, 6) is -0.0220. The molecule has 0 spiro atoms. The van der Waals surface area contributed by atoms with Crippen LogP contribution >= 0.6 is 28.1 Å². The van der Waals surface area contributed by atoms with Crippen LogP contribution in [-0.4, -0.2) is 42.3 Å². The number of ketones is 1. The molecule has 0 bridgehead atoms. The molecule has 2 rings (SSSR count). The van der Waals surface area contributed by atoms with Crippen molar-refractivity contribution in [2.45, 2.75) is 32.6 Å². The van der Waals surface area contributed by atoms with Crippen LogP contribution in [0.25, 0.3) is 0 Å². The topological polar surface area (TPSA) is 61.4 Å². The number of unbranched alkanes of at least 4 members (excludes halogenated alkanes) is 1. The van der Waals surface area contributed by atoms with Crippen molar-refractivity contribution in [2.24, 2.45) is 0 Å². The number of nitrogens with one attached hydrogen (secondary N) is 2. The number of carbonyl (C=O) groups is 2. The van der Waals surface area contributed by atoms with E-state index in [4.69, 9.17) is 12.2 Å². The van der Waals surface area contributed by atoms with E-state index in [1.165, 1.54) is 0 Å². The molecule has 0 radical (unpaired) electrons. The average Bonchev–Trinajstić information content (AvgIpc) is 2.68. The monoisotopic (exact) mass is 489 g/mol. The highest BCUT2D eigenvalue weighted by Crippen LogP contribution is 2.17. The van der Waals surface area contributed by atoms with Crippen molar-refractivity contribution < 1.29 is 9.59 Å². The predicted molar refractivity (Wildman–Crippen MR) is 130 cm³/mol. The highest BCUT2D eigenvalue weighted by atomic mass is 79.9. The lowest BCUT2D eigenvalue weighted by atomic mass is 10.0. The fraction of sp³-hybridized carbons (Fsp3) is 0.348. The van der Waals surface area contributed by atoms with Gasteiger partial charge in [-0.25, -0.2) is 0 Å². The van der Waals surface area contributed by atoms with E-state index in [1.54, 1.807) is 12.1 Å². The van der Waals surface area contributed by atoms with Crippen LogP contribution in [0.3, 0.4) is 0 Å². The molecule has 0 aliphatic rings. The van der Waals surface area contributed by atoms with Gasteiger partial charge in [0.15, 0.2) is 5.11 Å². The third-order valence-corrected chi connectivity index (χ3v) is 5.64. The number of aryl methyl sites for hydroxylation is 1. The van der Waals surface area contributed by atoms with Crippen molar-refractivity contribution >= 4 is 50.6 Å². The van der Waals surface area contributed by atoms with Crippen LogP contribution in [0, 0.1) is 6.92 Å². The van der Waals surface area contributed by atoms with Gasteiger partial charge in [0.1, 0.15) is 5.78 Å². The second-order valence-corrected chi connectivity index (χ2v) is 8.81. The lowest BCUT2D eigenvalue weighted by Gasteiger charge is -2.11. The van der Waals surface area contributed by atoms with E-state index in [0.29, 0.717) is 18.4 Å². The van der Waals surface area contributed by atoms with Gasteiger partial charge in [0.2, 0.25) is 0 Å². The van der Waals surface area contributed by atoms with Crippen molar-refractivity contribution in [2.75, 3.05) is 26.0 Å². The molecule has 0 atom stereocenters. The van der Waals surface area contributed by atoms with Gasteiger partial charge in [0.25, 0.3) is 5.91 Å². The van der Waals surface area contributed by atoms with Crippen molar-refractivity contribution in [3.8, 4) is 0 Å². The summed E-state index contributed by atoms with van der Waals surface area (Å²) in [5, 5.41) is 5.90. The summed E-state index contributed by atoms with van der Waals surface area (Å²) in [6, 6.07) is 12.9. The number of carbonyl (C=O) groups excluding carboxylic acids is 2. The Balaban J connectivity index is 1.80. The smallest absolute Gasteiger partial charge is 0.257 e. The van der Waals surface area contributed by atoms with Crippen LogP contribution in [0.5, 0.6) is 0 Å². The first-order chi connectivity index (χ1) is 14.2. The fourth-order valence-electron chi connectivity index (χ4n) is 2.84. The Hall–Kier alpha value is -2.09. The van der Waals surface area contributed by atoms with Crippen molar-refractivity contribution in [1.82, 2.24) is 10.2 Å². The summed E-state index contributed by atoms with van der Waals surface area (Å²) in [7, 11) is 4.08. The number of rotatable bonds is 9. The number of amides is 1. The van der Waals surface area contributed by atoms with E-state index in [2.05, 4.69) is 31.5 Å². The molecule has 1 amide bonds. The summed E-state index contributed by atoms with van der Waals surface area (Å²) >= 11 is 8.67. The molecule has 0 saturated carbocycles. The molecule has 0 heterocycles. The van der Waals surface area contributed by atoms with Crippen molar-refractivity contribution in [3.05, 3.63) is 63.6 Å². The Labute approximate surface area is 192 Å². The lowest BCUT2D eigenvalue weighted by molar-refractivity contribution is -0.118. The lowest BCUT2D eigenvalue weighted by Crippen LogP contribution is -2.34. The van der Waals surface area contributed by atoms with Crippen molar-refractivity contribution in [3.63, 3.8) is 0 Å². The van der Waals surface area contributed by atoms with E-state index < -0.39 is 0 Å². The minimum atomic E-state index is -0.273. The van der Waals surface area contributed by atoms with Gasteiger partial charge in [0.05, 0.1) is 0 Å². The summed E-state index contributed by atoms with van der Waals surface area (Å²) < 4.78 is 0.872. The van der Waals surface area contributed by atoms with Crippen LogP contribution in [0.1, 0.15) is 40.7 Å². The van der Waals surface area contributed by atoms with E-state index in [-0.39, 0.29) is 16.8 Å². The minimum Gasteiger partial charge on any atom is -0.332 e. The van der Waals surface area contributed by atoms with Crippen molar-refractivity contribution in [1.29, 1.82) is 0 Å². The molecular formula is C23H28BrN3O2S. The molecular weight excluding hydrogens is 462 g/mol. The Morgan fingerprint density at radius 3 is 2.40 bits per heavy atom. The Bertz CT molecular complexity index is 898. The molecule has 0 fully saturated rings. The van der Waals surface area contributed by atoms with Gasteiger partial charge >= 0.3 is 0 Å². The van der Waals surface area contributed by atoms with Gasteiger partial charge in [0, 0.05) is 28.6 Å². The SMILES string of the molecule is Cc1ccc(C(=O)NC(=S)Nc2ccc(CC(=O)CCCCN(C)C)cc2)cc1Br. The fourth-order valence-corrected chi connectivity index (χ4v) is 3.43. The largest absolute Gasteiger partial charge is 0.332 e. The molecule has 5 nitrogen and oxygen atoms in total. The number of hydrogen-bond donors (Lipinski definition) is 2. The molecule has 160 valence electrons. The zero-order valence-corrected chi connectivity index (χ0v) is 20.0. The average molecular weight is 490 g/mol. The second kappa shape index (κ2) is 11.9. The van der Waals surface area contributed by atoms with Crippen LogP contribution in [0.4, 0.5) is 5.69 Å². The molecule has 2 aromatic rings. The molecule has 0 saturated heterocycles. The molecule has 30 heavy (non-hydrogen) atoms. The molecule has 0 unspecified atom stereocenters. The maximum atomic E-state index is 12.3. The summed E-state index contributed by atoms with van der Waals surface area (Å²) in [6.45, 7) is 2.96. The highest BCUT2D eigenvalue weighted by molar-refractivity contribution is 9.10. The van der Waals surface area contributed by atoms with Crippen LogP contribution in [-0.2, 0) is 11.2 Å². The van der Waals surface area contributed by atoms with Gasteiger partial charge in [-0.2, -0.15) is 0 Å². The second-order valence-electron chi connectivity index (χ2n) is 7.54. The number of thiocarbonyl (C=S) groups is 1. The maximum Gasteiger partial charge on any atom is 0.257 e. The van der Waals surface area contributed by atoms with Gasteiger partial charge in [-0.05, 0) is 88.0 Å². The van der Waals surface area contributed by atoms with E-state index in [0.717, 1.165) is 40.7 Å². The standard InChI is InChI=1S/C23H28BrN3O2S/c1-16-7-10-18(15-21(16)24)22(29)26-23(30)25-19-11-8-17(9-12-19)14-20(28)6-4-5-13-27(2)3/h7-12,15H,4-6,13-14H2,1-3H3,(H2,25,26,29,30). The number of halogens is 1. The Morgan fingerprint density at radius 1 is 1.07 bits per heavy atom. The van der Waals surface area contributed by atoms with E-state index >= 15 is 0 Å². The van der Waals surface area contributed by atoms with E-state index in [9.17, 15) is 9.59 Å². The van der Waals surface area contributed by atoms with Crippen LogP contribution in [0.2, 0.25) is 0 Å².